The lowest BCUT2D eigenvalue weighted by atomic mass is 9.80. The van der Waals surface area contributed by atoms with E-state index in [9.17, 15) is 0 Å². The smallest absolute Gasteiger partial charge is 0.259 e. The maximum absolute atomic E-state index is 5.94. The molecule has 0 N–H and O–H groups in total. The molecule has 2 saturated heterocycles. The molecule has 1 aliphatic carbocycles. The highest BCUT2D eigenvalue weighted by Gasteiger charge is 2.50. The summed E-state index contributed by atoms with van der Waals surface area (Å²) in [6.45, 7) is 6.38. The van der Waals surface area contributed by atoms with Gasteiger partial charge in [-0.25, -0.2) is 4.67 Å². The summed E-state index contributed by atoms with van der Waals surface area (Å²) in [5, 5.41) is 0. The molecule has 92 valence electrons. The van der Waals surface area contributed by atoms with Crippen LogP contribution in [0.25, 0.3) is 0 Å². The molecule has 3 unspecified atom stereocenters. The Bertz CT molecular complexity index is 261. The third-order valence-corrected chi connectivity index (χ3v) is 5.95. The van der Waals surface area contributed by atoms with Gasteiger partial charge in [0.1, 0.15) is 0 Å². The molecule has 0 aromatic rings. The summed E-state index contributed by atoms with van der Waals surface area (Å²) in [7, 11) is -0.743. The molecule has 5 atom stereocenters. The molecule has 0 aromatic carbocycles. The molecule has 2 bridgehead atoms. The zero-order chi connectivity index (χ0) is 11.1. The van der Waals surface area contributed by atoms with Gasteiger partial charge >= 0.3 is 0 Å². The normalized spacial score (nSPS) is 47.1. The standard InChI is InChI=1S/C12H22NO2P/c1-9(2)15-16-13-7-10(8-14-16)11-5-3-4-6-12(11)13/h9-12H,3-8H2,1-2H3/t10-,11-,12?,16?/m0/s1. The van der Waals surface area contributed by atoms with Crippen LogP contribution in [0.4, 0.5) is 0 Å². The van der Waals surface area contributed by atoms with Gasteiger partial charge < -0.3 is 9.05 Å². The average molecular weight is 243 g/mol. The van der Waals surface area contributed by atoms with Crippen molar-refractivity contribution in [2.24, 2.45) is 11.8 Å². The number of nitrogens with zero attached hydrogens (tertiary/aromatic N) is 1. The Kier molecular flexibility index (Phi) is 3.23. The third-order valence-electron chi connectivity index (χ3n) is 4.10. The molecule has 0 amide bonds. The number of rotatable bonds is 2. The summed E-state index contributed by atoms with van der Waals surface area (Å²) in [5.41, 5.74) is 0. The minimum atomic E-state index is -0.743. The molecule has 3 rings (SSSR count). The lowest BCUT2D eigenvalue weighted by Gasteiger charge is -2.35. The fourth-order valence-corrected chi connectivity index (χ4v) is 5.32. The van der Waals surface area contributed by atoms with E-state index in [1.807, 2.05) is 0 Å². The molecule has 4 heteroatoms. The van der Waals surface area contributed by atoms with E-state index >= 15 is 0 Å². The van der Waals surface area contributed by atoms with Crippen molar-refractivity contribution in [2.45, 2.75) is 51.7 Å². The van der Waals surface area contributed by atoms with Gasteiger partial charge in [0.15, 0.2) is 0 Å². The monoisotopic (exact) mass is 243 g/mol. The van der Waals surface area contributed by atoms with Crippen LogP contribution in [0.1, 0.15) is 39.5 Å². The number of fused-ring (bicyclic) bond motifs is 5. The summed E-state index contributed by atoms with van der Waals surface area (Å²) >= 11 is 0. The lowest BCUT2D eigenvalue weighted by molar-refractivity contribution is 0.135. The number of hydrogen-bond acceptors (Lipinski definition) is 3. The van der Waals surface area contributed by atoms with Crippen molar-refractivity contribution < 1.29 is 9.05 Å². The first-order valence-electron chi connectivity index (χ1n) is 6.62. The fraction of sp³-hybridized carbons (Fsp3) is 1.00. The molecule has 0 radical (unpaired) electrons. The zero-order valence-corrected chi connectivity index (χ0v) is 11.2. The van der Waals surface area contributed by atoms with E-state index in [4.69, 9.17) is 9.05 Å². The van der Waals surface area contributed by atoms with Crippen LogP contribution in [0, 0.1) is 11.8 Å². The van der Waals surface area contributed by atoms with Crippen molar-refractivity contribution in [3.8, 4) is 0 Å². The van der Waals surface area contributed by atoms with Crippen LogP contribution in [0.2, 0.25) is 0 Å². The van der Waals surface area contributed by atoms with E-state index in [-0.39, 0.29) is 6.10 Å². The third kappa shape index (κ3) is 1.92. The van der Waals surface area contributed by atoms with Gasteiger partial charge in [-0.3, -0.25) is 0 Å². The molecule has 2 aliphatic heterocycles. The van der Waals surface area contributed by atoms with Crippen LogP contribution in [-0.2, 0) is 9.05 Å². The minimum Gasteiger partial charge on any atom is -0.322 e. The van der Waals surface area contributed by atoms with Crippen molar-refractivity contribution >= 4 is 8.53 Å². The molecule has 2 heterocycles. The molecular formula is C12H22NO2P. The minimum absolute atomic E-state index is 0.283. The second-order valence-electron chi connectivity index (χ2n) is 5.59. The van der Waals surface area contributed by atoms with Crippen LogP contribution in [0.3, 0.4) is 0 Å². The van der Waals surface area contributed by atoms with Gasteiger partial charge in [-0.05, 0) is 32.6 Å². The highest BCUT2D eigenvalue weighted by molar-refractivity contribution is 7.44. The van der Waals surface area contributed by atoms with E-state index in [0.717, 1.165) is 24.5 Å². The predicted molar refractivity (Wildman–Crippen MR) is 65.0 cm³/mol. The van der Waals surface area contributed by atoms with E-state index in [0.29, 0.717) is 0 Å². The molecule has 3 aliphatic rings. The van der Waals surface area contributed by atoms with Gasteiger partial charge in [-0.15, -0.1) is 0 Å². The first kappa shape index (κ1) is 11.4. The summed E-state index contributed by atoms with van der Waals surface area (Å²) < 4.78 is 14.4. The molecule has 1 saturated carbocycles. The van der Waals surface area contributed by atoms with Gasteiger partial charge in [-0.1, -0.05) is 12.8 Å². The molecular weight excluding hydrogens is 221 g/mol. The molecule has 0 spiro atoms. The zero-order valence-electron chi connectivity index (χ0n) is 10.3. The lowest BCUT2D eigenvalue weighted by Crippen LogP contribution is -2.32. The summed E-state index contributed by atoms with van der Waals surface area (Å²) in [4.78, 5) is 0. The molecule has 3 nitrogen and oxygen atoms in total. The molecule has 3 fully saturated rings. The SMILES string of the molecule is CC(C)OP1OC[C@@H]2CN1C1CCCC[C@H]12. The Labute approximate surface area is 99.5 Å². The van der Waals surface area contributed by atoms with Gasteiger partial charge in [0.25, 0.3) is 8.53 Å². The molecule has 0 aromatic heterocycles. The maximum atomic E-state index is 5.94. The van der Waals surface area contributed by atoms with Crippen molar-refractivity contribution in [3.05, 3.63) is 0 Å². The number of hydrogen-bond donors (Lipinski definition) is 0. The predicted octanol–water partition coefficient (Wildman–Crippen LogP) is 3.16. The first-order valence-corrected chi connectivity index (χ1v) is 7.75. The van der Waals surface area contributed by atoms with Crippen LogP contribution in [0.5, 0.6) is 0 Å². The highest BCUT2D eigenvalue weighted by Crippen LogP contribution is 2.58. The summed E-state index contributed by atoms with van der Waals surface area (Å²) in [6, 6.07) is 0.770. The topological polar surface area (TPSA) is 21.7 Å². The average Bonchev–Trinajstić information content (AvgIpc) is 2.58. The van der Waals surface area contributed by atoms with Crippen LogP contribution < -0.4 is 0 Å². The van der Waals surface area contributed by atoms with Crippen molar-refractivity contribution in [1.29, 1.82) is 0 Å². The molecule has 16 heavy (non-hydrogen) atoms. The van der Waals surface area contributed by atoms with Crippen LogP contribution >= 0.6 is 8.53 Å². The Morgan fingerprint density at radius 1 is 1.31 bits per heavy atom. The van der Waals surface area contributed by atoms with Gasteiger partial charge in [-0.2, -0.15) is 0 Å². The van der Waals surface area contributed by atoms with Gasteiger partial charge in [0, 0.05) is 18.5 Å². The Balaban J connectivity index is 1.73. The first-order chi connectivity index (χ1) is 7.75. The second-order valence-corrected chi connectivity index (χ2v) is 7.04. The summed E-state index contributed by atoms with van der Waals surface area (Å²) in [5.74, 6) is 1.69. The highest BCUT2D eigenvalue weighted by atomic mass is 31.2. The van der Waals surface area contributed by atoms with E-state index in [1.165, 1.54) is 32.2 Å². The maximum Gasteiger partial charge on any atom is 0.259 e. The van der Waals surface area contributed by atoms with E-state index in [1.54, 1.807) is 0 Å². The Hall–Kier alpha value is 0.310. The largest absolute Gasteiger partial charge is 0.322 e. The second kappa shape index (κ2) is 4.53. The quantitative estimate of drug-likeness (QED) is 0.695. The fourth-order valence-electron chi connectivity index (χ4n) is 3.44. The summed E-state index contributed by atoms with van der Waals surface area (Å²) in [6.07, 6.45) is 5.89. The van der Waals surface area contributed by atoms with Crippen molar-refractivity contribution in [2.75, 3.05) is 13.2 Å². The van der Waals surface area contributed by atoms with Crippen LogP contribution in [0.15, 0.2) is 0 Å². The van der Waals surface area contributed by atoms with E-state index < -0.39 is 8.53 Å². The van der Waals surface area contributed by atoms with E-state index in [2.05, 4.69) is 18.5 Å². The van der Waals surface area contributed by atoms with Gasteiger partial charge in [0.05, 0.1) is 12.7 Å². The van der Waals surface area contributed by atoms with Gasteiger partial charge in [0.2, 0.25) is 0 Å². The Morgan fingerprint density at radius 3 is 2.94 bits per heavy atom. The van der Waals surface area contributed by atoms with Crippen molar-refractivity contribution in [1.82, 2.24) is 4.67 Å². The van der Waals surface area contributed by atoms with Crippen LogP contribution in [-0.4, -0.2) is 30.0 Å². The Morgan fingerprint density at radius 2 is 2.12 bits per heavy atom. The van der Waals surface area contributed by atoms with Crippen molar-refractivity contribution in [3.63, 3.8) is 0 Å².